The van der Waals surface area contributed by atoms with Crippen LogP contribution in [0.5, 0.6) is 0 Å². The minimum Gasteiger partial charge on any atom is -0.339 e. The van der Waals surface area contributed by atoms with E-state index in [0.717, 1.165) is 0 Å². The first kappa shape index (κ1) is 20.4. The first-order valence-electron chi connectivity index (χ1n) is 9.42. The van der Waals surface area contributed by atoms with Crippen LogP contribution in [0.1, 0.15) is 6.42 Å². The van der Waals surface area contributed by atoms with Crippen LogP contribution in [0.15, 0.2) is 41.2 Å². The fraction of sp³-hybridized carbons (Fsp3) is 0.316. The van der Waals surface area contributed by atoms with E-state index >= 15 is 0 Å². The minimum absolute atomic E-state index is 0.0671. The molecule has 156 valence electrons. The molecular weight excluding hydrogens is 429 g/mol. The van der Waals surface area contributed by atoms with E-state index < -0.39 is 0 Å². The molecule has 1 aromatic carbocycles. The first-order chi connectivity index (χ1) is 14.6. The SMILES string of the molecule is O=C(CCNc1nc(-c2cc(Cl)cc(Cl)c2)no1)N1CCN(c2ncccn2)CC1. The van der Waals surface area contributed by atoms with Crippen molar-refractivity contribution >= 4 is 41.1 Å². The highest BCUT2D eigenvalue weighted by Crippen LogP contribution is 2.26. The molecule has 0 saturated carbocycles. The average molecular weight is 448 g/mol. The second-order valence-corrected chi connectivity index (χ2v) is 7.55. The summed E-state index contributed by atoms with van der Waals surface area (Å²) in [6.07, 6.45) is 3.76. The Morgan fingerprint density at radius 2 is 1.77 bits per heavy atom. The molecule has 2 aromatic heterocycles. The van der Waals surface area contributed by atoms with Crippen molar-refractivity contribution in [3.63, 3.8) is 0 Å². The van der Waals surface area contributed by atoms with Crippen molar-refractivity contribution in [3.8, 4) is 11.4 Å². The number of rotatable bonds is 6. The van der Waals surface area contributed by atoms with Crippen molar-refractivity contribution in [3.05, 3.63) is 46.7 Å². The van der Waals surface area contributed by atoms with E-state index in [2.05, 4.69) is 30.3 Å². The van der Waals surface area contributed by atoms with Gasteiger partial charge in [0.2, 0.25) is 17.7 Å². The molecule has 0 unspecified atom stereocenters. The molecule has 0 atom stereocenters. The molecule has 9 nitrogen and oxygen atoms in total. The molecule has 1 saturated heterocycles. The first-order valence-corrected chi connectivity index (χ1v) is 10.2. The Balaban J connectivity index is 1.24. The Morgan fingerprint density at radius 1 is 1.07 bits per heavy atom. The van der Waals surface area contributed by atoms with Crippen molar-refractivity contribution in [2.24, 2.45) is 0 Å². The van der Waals surface area contributed by atoms with E-state index in [1.54, 1.807) is 36.7 Å². The van der Waals surface area contributed by atoms with Crippen LogP contribution in [-0.2, 0) is 4.79 Å². The molecule has 1 amide bonds. The summed E-state index contributed by atoms with van der Waals surface area (Å²) >= 11 is 12.0. The molecule has 1 aliphatic heterocycles. The van der Waals surface area contributed by atoms with Crippen molar-refractivity contribution in [1.82, 2.24) is 25.0 Å². The monoisotopic (exact) mass is 447 g/mol. The molecule has 30 heavy (non-hydrogen) atoms. The number of piperazine rings is 1. The number of hydrogen-bond acceptors (Lipinski definition) is 8. The normalized spacial score (nSPS) is 14.1. The zero-order valence-corrected chi connectivity index (χ0v) is 17.5. The summed E-state index contributed by atoms with van der Waals surface area (Å²) in [6.45, 7) is 3.07. The third-order valence-electron chi connectivity index (χ3n) is 4.63. The van der Waals surface area contributed by atoms with Crippen molar-refractivity contribution in [1.29, 1.82) is 0 Å². The fourth-order valence-corrected chi connectivity index (χ4v) is 3.67. The summed E-state index contributed by atoms with van der Waals surface area (Å²) in [5, 5.41) is 7.87. The zero-order chi connectivity index (χ0) is 20.9. The highest BCUT2D eigenvalue weighted by Gasteiger charge is 2.22. The molecule has 4 rings (SSSR count). The van der Waals surface area contributed by atoms with Crippen LogP contribution in [0.2, 0.25) is 10.0 Å². The maximum Gasteiger partial charge on any atom is 0.321 e. The molecule has 0 aliphatic carbocycles. The average Bonchev–Trinajstić information content (AvgIpc) is 3.23. The van der Waals surface area contributed by atoms with Gasteiger partial charge in [0.15, 0.2) is 0 Å². The minimum atomic E-state index is 0.0671. The topological polar surface area (TPSA) is 100 Å². The largest absolute Gasteiger partial charge is 0.339 e. The third kappa shape index (κ3) is 4.98. The molecule has 3 heterocycles. The lowest BCUT2D eigenvalue weighted by molar-refractivity contribution is -0.131. The molecule has 3 aromatic rings. The molecule has 11 heteroatoms. The van der Waals surface area contributed by atoms with Crippen LogP contribution in [-0.4, -0.2) is 63.6 Å². The smallest absolute Gasteiger partial charge is 0.321 e. The highest BCUT2D eigenvalue weighted by atomic mass is 35.5. The molecule has 0 spiro atoms. The lowest BCUT2D eigenvalue weighted by Crippen LogP contribution is -2.49. The van der Waals surface area contributed by atoms with Gasteiger partial charge in [0.05, 0.1) is 0 Å². The van der Waals surface area contributed by atoms with Gasteiger partial charge in [0, 0.05) is 67.1 Å². The van der Waals surface area contributed by atoms with Crippen molar-refractivity contribution in [2.75, 3.05) is 42.9 Å². The van der Waals surface area contributed by atoms with E-state index in [4.69, 9.17) is 27.7 Å². The van der Waals surface area contributed by atoms with Crippen LogP contribution in [0.25, 0.3) is 11.4 Å². The van der Waals surface area contributed by atoms with Gasteiger partial charge in [-0.25, -0.2) is 9.97 Å². The summed E-state index contributed by atoms with van der Waals surface area (Å²) < 4.78 is 5.19. The van der Waals surface area contributed by atoms with E-state index in [1.807, 2.05) is 4.90 Å². The number of hydrogen-bond donors (Lipinski definition) is 1. The lowest BCUT2D eigenvalue weighted by Gasteiger charge is -2.34. The van der Waals surface area contributed by atoms with Crippen LogP contribution < -0.4 is 10.2 Å². The van der Waals surface area contributed by atoms with E-state index in [-0.39, 0.29) is 11.9 Å². The van der Waals surface area contributed by atoms with Crippen LogP contribution in [0.4, 0.5) is 12.0 Å². The van der Waals surface area contributed by atoms with Crippen LogP contribution in [0, 0.1) is 0 Å². The predicted octanol–water partition coefficient (Wildman–Crippen LogP) is 2.98. The second-order valence-electron chi connectivity index (χ2n) is 6.67. The summed E-state index contributed by atoms with van der Waals surface area (Å²) in [5.41, 5.74) is 0.653. The molecule has 1 fully saturated rings. The Morgan fingerprint density at radius 3 is 2.47 bits per heavy atom. The quantitative estimate of drug-likeness (QED) is 0.615. The maximum atomic E-state index is 12.5. The van der Waals surface area contributed by atoms with E-state index in [0.29, 0.717) is 66.5 Å². The van der Waals surface area contributed by atoms with Gasteiger partial charge in [0.1, 0.15) is 0 Å². The number of halogens is 2. The van der Waals surface area contributed by atoms with Gasteiger partial charge in [-0.05, 0) is 24.3 Å². The van der Waals surface area contributed by atoms with E-state index in [1.165, 1.54) is 0 Å². The van der Waals surface area contributed by atoms with Crippen molar-refractivity contribution in [2.45, 2.75) is 6.42 Å². The number of carbonyl (C=O) groups is 1. The second kappa shape index (κ2) is 9.27. The standard InChI is InChI=1S/C19H19Cl2N7O2/c20-14-10-13(11-15(21)12-14)17-25-19(30-26-17)24-5-2-16(29)27-6-8-28(9-7-27)18-22-3-1-4-23-18/h1,3-4,10-12H,2,5-9H2,(H,24,25,26). The molecular formula is C19H19Cl2N7O2. The van der Waals surface area contributed by atoms with Gasteiger partial charge in [-0.3, -0.25) is 4.79 Å². The van der Waals surface area contributed by atoms with Gasteiger partial charge < -0.3 is 19.6 Å². The molecule has 0 bridgehead atoms. The van der Waals surface area contributed by atoms with Gasteiger partial charge in [-0.2, -0.15) is 4.98 Å². The number of nitrogens with one attached hydrogen (secondary N) is 1. The Labute approximate surface area is 183 Å². The Hall–Kier alpha value is -2.91. The Bertz CT molecular complexity index is 987. The van der Waals surface area contributed by atoms with Gasteiger partial charge in [-0.1, -0.05) is 28.4 Å². The zero-order valence-electron chi connectivity index (χ0n) is 16.0. The predicted molar refractivity (Wildman–Crippen MR) is 114 cm³/mol. The summed E-state index contributed by atoms with van der Waals surface area (Å²) in [7, 11) is 0. The lowest BCUT2D eigenvalue weighted by atomic mass is 10.2. The number of nitrogens with zero attached hydrogens (tertiary/aromatic N) is 6. The fourth-order valence-electron chi connectivity index (χ4n) is 3.14. The number of carbonyl (C=O) groups excluding carboxylic acids is 1. The Kier molecular flexibility index (Phi) is 6.29. The van der Waals surface area contributed by atoms with Crippen LogP contribution >= 0.6 is 23.2 Å². The van der Waals surface area contributed by atoms with Crippen molar-refractivity contribution < 1.29 is 9.32 Å². The summed E-state index contributed by atoms with van der Waals surface area (Å²) in [5.74, 6) is 1.13. The summed E-state index contributed by atoms with van der Waals surface area (Å²) in [6, 6.07) is 7.05. The number of amides is 1. The highest BCUT2D eigenvalue weighted by molar-refractivity contribution is 6.35. The third-order valence-corrected chi connectivity index (χ3v) is 5.07. The van der Waals surface area contributed by atoms with Gasteiger partial charge in [0.25, 0.3) is 0 Å². The molecule has 0 radical (unpaired) electrons. The van der Waals surface area contributed by atoms with Gasteiger partial charge >= 0.3 is 6.01 Å². The van der Waals surface area contributed by atoms with Crippen LogP contribution in [0.3, 0.4) is 0 Å². The maximum absolute atomic E-state index is 12.5. The number of anilines is 2. The van der Waals surface area contributed by atoms with E-state index in [9.17, 15) is 4.79 Å². The summed E-state index contributed by atoms with van der Waals surface area (Å²) in [4.78, 5) is 29.2. The number of benzene rings is 1. The van der Waals surface area contributed by atoms with Gasteiger partial charge in [-0.15, -0.1) is 0 Å². The number of aromatic nitrogens is 4. The molecule has 1 N–H and O–H groups in total. The molecule has 1 aliphatic rings.